The monoisotopic (exact) mass is 201 g/mol. The highest BCUT2D eigenvalue weighted by Gasteiger charge is 2.04. The van der Waals surface area contributed by atoms with Gasteiger partial charge >= 0.3 is 0 Å². The molecule has 2 rings (SSSR count). The Labute approximate surface area is 89.3 Å². The molecule has 1 heterocycles. The van der Waals surface area contributed by atoms with Crippen molar-refractivity contribution in [2.75, 3.05) is 0 Å². The topological polar surface area (TPSA) is 32.9 Å². The van der Waals surface area contributed by atoms with Crippen LogP contribution < -0.4 is 0 Å². The Morgan fingerprint density at radius 1 is 1.33 bits per heavy atom. The van der Waals surface area contributed by atoms with E-state index < -0.39 is 0 Å². The molecule has 2 nitrogen and oxygen atoms in total. The van der Waals surface area contributed by atoms with Crippen LogP contribution in [0.2, 0.25) is 0 Å². The lowest BCUT2D eigenvalue weighted by Crippen LogP contribution is -1.85. The predicted octanol–water partition coefficient (Wildman–Crippen LogP) is 2.92. The number of aryl methyl sites for hydroxylation is 3. The van der Waals surface area contributed by atoms with Crippen LogP contribution in [0, 0.1) is 13.8 Å². The van der Waals surface area contributed by atoms with Crippen molar-refractivity contribution < 1.29 is 4.79 Å². The average Bonchev–Trinajstić information content (AvgIpc) is 2.52. The normalized spacial score (nSPS) is 10.8. The predicted molar refractivity (Wildman–Crippen MR) is 62.2 cm³/mol. The first kappa shape index (κ1) is 9.97. The Hall–Kier alpha value is -1.57. The highest BCUT2D eigenvalue weighted by Crippen LogP contribution is 2.22. The fraction of sp³-hybridized carbons (Fsp3) is 0.308. The van der Waals surface area contributed by atoms with Gasteiger partial charge in [0.2, 0.25) is 0 Å². The summed E-state index contributed by atoms with van der Waals surface area (Å²) < 4.78 is 0. The van der Waals surface area contributed by atoms with E-state index in [9.17, 15) is 4.79 Å². The third-order valence-corrected chi connectivity index (χ3v) is 2.92. The van der Waals surface area contributed by atoms with Crippen molar-refractivity contribution in [3.63, 3.8) is 0 Å². The number of aldehydes is 1. The maximum atomic E-state index is 10.3. The molecule has 1 aromatic heterocycles. The summed E-state index contributed by atoms with van der Waals surface area (Å²) in [6, 6.07) is 6.37. The van der Waals surface area contributed by atoms with Gasteiger partial charge in [0.1, 0.15) is 6.29 Å². The minimum atomic E-state index is 0.601. The van der Waals surface area contributed by atoms with Crippen molar-refractivity contribution in [3.05, 3.63) is 35.0 Å². The van der Waals surface area contributed by atoms with E-state index in [0.717, 1.165) is 12.7 Å². The molecule has 1 N–H and O–H groups in total. The van der Waals surface area contributed by atoms with Crippen LogP contribution in [0.5, 0.6) is 0 Å². The molecule has 0 fully saturated rings. The molecule has 0 unspecified atom stereocenters. The molecule has 0 spiro atoms. The van der Waals surface area contributed by atoms with E-state index in [1.807, 2.05) is 0 Å². The Morgan fingerprint density at radius 2 is 2.13 bits per heavy atom. The van der Waals surface area contributed by atoms with Crippen LogP contribution in [0.3, 0.4) is 0 Å². The van der Waals surface area contributed by atoms with Crippen molar-refractivity contribution in [2.24, 2.45) is 0 Å². The summed E-state index contributed by atoms with van der Waals surface area (Å²) in [6.45, 7) is 4.21. The molecular weight excluding hydrogens is 186 g/mol. The van der Waals surface area contributed by atoms with E-state index >= 15 is 0 Å². The van der Waals surface area contributed by atoms with Gasteiger partial charge in [-0.05, 0) is 37.5 Å². The fourth-order valence-corrected chi connectivity index (χ4v) is 1.90. The highest BCUT2D eigenvalue weighted by molar-refractivity contribution is 5.84. The summed E-state index contributed by atoms with van der Waals surface area (Å²) in [5.74, 6) is 0. The number of rotatable bonds is 3. The Balaban J connectivity index is 2.43. The van der Waals surface area contributed by atoms with Crippen LogP contribution in [-0.2, 0) is 11.2 Å². The number of nitrogens with one attached hydrogen (secondary N) is 1. The summed E-state index contributed by atoms with van der Waals surface area (Å²) in [5.41, 5.74) is 4.92. The van der Waals surface area contributed by atoms with E-state index in [0.29, 0.717) is 6.42 Å². The number of hydrogen-bond acceptors (Lipinski definition) is 1. The first-order valence-electron chi connectivity index (χ1n) is 5.24. The molecule has 0 radical (unpaired) electrons. The van der Waals surface area contributed by atoms with E-state index in [1.165, 1.54) is 27.7 Å². The van der Waals surface area contributed by atoms with Gasteiger partial charge in [-0.25, -0.2) is 0 Å². The molecule has 0 saturated heterocycles. The van der Waals surface area contributed by atoms with Gasteiger partial charge in [0.15, 0.2) is 0 Å². The lowest BCUT2D eigenvalue weighted by atomic mass is 10.1. The second-order valence-corrected chi connectivity index (χ2v) is 3.96. The number of benzene rings is 1. The standard InChI is InChI=1S/C13H15NO/c1-9-10(2)14-13-8-11(4-3-7-15)5-6-12(9)13/h5-8,14H,3-4H2,1-2H3. The largest absolute Gasteiger partial charge is 0.358 e. The zero-order chi connectivity index (χ0) is 10.8. The average molecular weight is 201 g/mol. The van der Waals surface area contributed by atoms with Crippen molar-refractivity contribution in [1.82, 2.24) is 4.98 Å². The molecule has 78 valence electrons. The number of fused-ring (bicyclic) bond motifs is 1. The van der Waals surface area contributed by atoms with Gasteiger partial charge < -0.3 is 9.78 Å². The number of H-pyrrole nitrogens is 1. The van der Waals surface area contributed by atoms with Crippen LogP contribution in [0.1, 0.15) is 23.2 Å². The van der Waals surface area contributed by atoms with Crippen LogP contribution in [0.4, 0.5) is 0 Å². The Morgan fingerprint density at radius 3 is 2.87 bits per heavy atom. The number of aromatic amines is 1. The molecule has 1 aromatic carbocycles. The zero-order valence-corrected chi connectivity index (χ0v) is 9.13. The summed E-state index contributed by atoms with van der Waals surface area (Å²) in [4.78, 5) is 13.6. The molecular formula is C13H15NO. The molecule has 0 amide bonds. The van der Waals surface area contributed by atoms with Gasteiger partial charge in [0, 0.05) is 23.0 Å². The third-order valence-electron chi connectivity index (χ3n) is 2.92. The quantitative estimate of drug-likeness (QED) is 0.761. The summed E-state index contributed by atoms with van der Waals surface area (Å²) in [7, 11) is 0. The van der Waals surface area contributed by atoms with Gasteiger partial charge in [-0.3, -0.25) is 0 Å². The maximum Gasteiger partial charge on any atom is 0.120 e. The van der Waals surface area contributed by atoms with Crippen LogP contribution in [0.25, 0.3) is 10.9 Å². The number of carbonyl (C=O) groups is 1. The van der Waals surface area contributed by atoms with Crippen molar-refractivity contribution in [1.29, 1.82) is 0 Å². The second kappa shape index (κ2) is 3.89. The first-order valence-corrected chi connectivity index (χ1v) is 5.24. The van der Waals surface area contributed by atoms with Crippen molar-refractivity contribution >= 4 is 17.2 Å². The zero-order valence-electron chi connectivity index (χ0n) is 9.13. The van der Waals surface area contributed by atoms with E-state index in [4.69, 9.17) is 0 Å². The SMILES string of the molecule is Cc1[nH]c2cc(CCC=O)ccc2c1C. The smallest absolute Gasteiger partial charge is 0.120 e. The summed E-state index contributed by atoms with van der Waals surface area (Å²) in [6.07, 6.45) is 2.40. The lowest BCUT2D eigenvalue weighted by Gasteiger charge is -1.98. The molecule has 0 saturated carbocycles. The molecule has 0 aliphatic heterocycles. The maximum absolute atomic E-state index is 10.3. The summed E-state index contributed by atoms with van der Waals surface area (Å²) in [5, 5.41) is 1.28. The second-order valence-electron chi connectivity index (χ2n) is 3.96. The molecule has 0 aliphatic carbocycles. The number of carbonyl (C=O) groups excluding carboxylic acids is 1. The third kappa shape index (κ3) is 1.80. The van der Waals surface area contributed by atoms with Crippen LogP contribution >= 0.6 is 0 Å². The minimum Gasteiger partial charge on any atom is -0.358 e. The van der Waals surface area contributed by atoms with E-state index in [2.05, 4.69) is 37.0 Å². The van der Waals surface area contributed by atoms with Gasteiger partial charge in [-0.1, -0.05) is 12.1 Å². The van der Waals surface area contributed by atoms with Gasteiger partial charge in [0.05, 0.1) is 0 Å². The minimum absolute atomic E-state index is 0.601. The van der Waals surface area contributed by atoms with E-state index in [-0.39, 0.29) is 0 Å². The molecule has 0 atom stereocenters. The molecule has 15 heavy (non-hydrogen) atoms. The van der Waals surface area contributed by atoms with Crippen molar-refractivity contribution in [2.45, 2.75) is 26.7 Å². The highest BCUT2D eigenvalue weighted by atomic mass is 16.1. The fourth-order valence-electron chi connectivity index (χ4n) is 1.90. The molecule has 0 aliphatic rings. The van der Waals surface area contributed by atoms with Crippen LogP contribution in [0.15, 0.2) is 18.2 Å². The lowest BCUT2D eigenvalue weighted by molar-refractivity contribution is -0.107. The molecule has 0 bridgehead atoms. The van der Waals surface area contributed by atoms with Gasteiger partial charge in [-0.2, -0.15) is 0 Å². The summed E-state index contributed by atoms with van der Waals surface area (Å²) >= 11 is 0. The van der Waals surface area contributed by atoms with Crippen LogP contribution in [-0.4, -0.2) is 11.3 Å². The molecule has 2 heteroatoms. The Bertz CT molecular complexity index is 496. The first-order chi connectivity index (χ1) is 7.22. The van der Waals surface area contributed by atoms with Crippen molar-refractivity contribution in [3.8, 4) is 0 Å². The number of aromatic nitrogens is 1. The Kier molecular flexibility index (Phi) is 2.58. The van der Waals surface area contributed by atoms with E-state index in [1.54, 1.807) is 0 Å². The van der Waals surface area contributed by atoms with Gasteiger partial charge in [0.25, 0.3) is 0 Å². The number of hydrogen-bond donors (Lipinski definition) is 1. The van der Waals surface area contributed by atoms with Gasteiger partial charge in [-0.15, -0.1) is 0 Å². The molecule has 2 aromatic rings.